The van der Waals surface area contributed by atoms with Crippen LogP contribution in [-0.4, -0.2) is 32.5 Å². The maximum absolute atomic E-state index is 11.3. The minimum atomic E-state index is -3.47. The Bertz CT molecular complexity index is 880. The van der Waals surface area contributed by atoms with Crippen molar-refractivity contribution in [3.8, 4) is 17.0 Å². The monoisotopic (exact) mass is 349 g/mol. The molecular weight excluding hydrogens is 326 g/mol. The van der Waals surface area contributed by atoms with E-state index in [1.807, 2.05) is 18.3 Å². The van der Waals surface area contributed by atoms with Crippen LogP contribution < -0.4 is 4.74 Å². The zero-order valence-electron chi connectivity index (χ0n) is 14.7. The molecule has 0 spiro atoms. The molecule has 6 heteroatoms. The second-order valence-corrected chi connectivity index (χ2v) is 8.48. The van der Waals surface area contributed by atoms with E-state index in [0.717, 1.165) is 23.3 Å². The highest BCUT2D eigenvalue weighted by Crippen LogP contribution is 2.50. The summed E-state index contributed by atoms with van der Waals surface area (Å²) in [6.07, 6.45) is 2.64. The maximum Gasteiger partial charge on any atom is 0.264 e. The normalized spacial score (nSPS) is 16.5. The SMILES string of the molecule is COc1ccc2c(c1)-c1c(ccn1C[C@H](C)OS(C)(=O)=O)C2(C)C. The van der Waals surface area contributed by atoms with Gasteiger partial charge in [-0.15, -0.1) is 0 Å². The molecular formula is C18H23NO4S. The van der Waals surface area contributed by atoms with Crippen LogP contribution in [0.4, 0.5) is 0 Å². The molecule has 0 N–H and O–H groups in total. The van der Waals surface area contributed by atoms with Gasteiger partial charge in [0.2, 0.25) is 0 Å². The molecule has 1 atom stereocenters. The van der Waals surface area contributed by atoms with Gasteiger partial charge in [0.05, 0.1) is 31.7 Å². The van der Waals surface area contributed by atoms with Gasteiger partial charge in [0.25, 0.3) is 10.1 Å². The summed E-state index contributed by atoms with van der Waals surface area (Å²) in [5, 5.41) is 0. The van der Waals surface area contributed by atoms with Crippen molar-refractivity contribution in [2.45, 2.75) is 38.8 Å². The Hall–Kier alpha value is -1.79. The molecule has 3 rings (SSSR count). The highest BCUT2D eigenvalue weighted by Gasteiger charge is 2.38. The molecule has 1 aromatic carbocycles. The summed E-state index contributed by atoms with van der Waals surface area (Å²) in [5.41, 5.74) is 4.63. The van der Waals surface area contributed by atoms with E-state index in [-0.39, 0.29) is 5.41 Å². The van der Waals surface area contributed by atoms with Crippen LogP contribution in [0.15, 0.2) is 30.5 Å². The molecule has 0 amide bonds. The Morgan fingerprint density at radius 1 is 1.21 bits per heavy atom. The highest BCUT2D eigenvalue weighted by molar-refractivity contribution is 7.86. The van der Waals surface area contributed by atoms with E-state index in [9.17, 15) is 8.42 Å². The average Bonchev–Trinajstić information content (AvgIpc) is 2.96. The Balaban J connectivity index is 2.04. The van der Waals surface area contributed by atoms with Crippen molar-refractivity contribution in [3.63, 3.8) is 0 Å². The molecule has 0 radical (unpaired) electrons. The van der Waals surface area contributed by atoms with Crippen LogP contribution >= 0.6 is 0 Å². The fourth-order valence-corrected chi connectivity index (χ4v) is 4.23. The fraction of sp³-hybridized carbons (Fsp3) is 0.444. The molecule has 0 fully saturated rings. The van der Waals surface area contributed by atoms with Gasteiger partial charge in [-0.2, -0.15) is 8.42 Å². The molecule has 1 heterocycles. The first kappa shape index (κ1) is 17.0. The minimum absolute atomic E-state index is 0.0941. The number of rotatable bonds is 5. The quantitative estimate of drug-likeness (QED) is 0.778. The van der Waals surface area contributed by atoms with Crippen molar-refractivity contribution in [1.29, 1.82) is 0 Å². The van der Waals surface area contributed by atoms with E-state index in [4.69, 9.17) is 8.92 Å². The maximum atomic E-state index is 11.3. The second-order valence-electron chi connectivity index (χ2n) is 6.88. The second kappa shape index (κ2) is 5.63. The summed E-state index contributed by atoms with van der Waals surface area (Å²) in [6.45, 7) is 6.63. The summed E-state index contributed by atoms with van der Waals surface area (Å²) in [6, 6.07) is 8.23. The molecule has 5 nitrogen and oxygen atoms in total. The third-order valence-electron chi connectivity index (χ3n) is 4.58. The number of aromatic nitrogens is 1. The zero-order chi connectivity index (χ0) is 17.7. The first-order valence-electron chi connectivity index (χ1n) is 7.90. The van der Waals surface area contributed by atoms with Gasteiger partial charge in [0, 0.05) is 17.2 Å². The smallest absolute Gasteiger partial charge is 0.264 e. The van der Waals surface area contributed by atoms with Gasteiger partial charge in [0.1, 0.15) is 5.75 Å². The molecule has 1 aliphatic rings. The van der Waals surface area contributed by atoms with E-state index >= 15 is 0 Å². The van der Waals surface area contributed by atoms with E-state index in [2.05, 4.69) is 30.5 Å². The van der Waals surface area contributed by atoms with Gasteiger partial charge in [-0.05, 0) is 36.2 Å². The van der Waals surface area contributed by atoms with Gasteiger partial charge in [-0.1, -0.05) is 19.9 Å². The number of nitrogens with zero attached hydrogens (tertiary/aromatic N) is 1. The fourth-order valence-electron chi connectivity index (χ4n) is 3.57. The molecule has 0 saturated heterocycles. The molecule has 24 heavy (non-hydrogen) atoms. The third-order valence-corrected chi connectivity index (χ3v) is 5.26. The first-order chi connectivity index (χ1) is 11.1. The molecule has 0 unspecified atom stereocenters. The van der Waals surface area contributed by atoms with Gasteiger partial charge in [0.15, 0.2) is 0 Å². The van der Waals surface area contributed by atoms with Crippen molar-refractivity contribution in [2.75, 3.05) is 13.4 Å². The summed E-state index contributed by atoms with van der Waals surface area (Å²) in [5.74, 6) is 0.811. The van der Waals surface area contributed by atoms with E-state index in [1.54, 1.807) is 14.0 Å². The standard InChI is InChI=1S/C18H23NO4S/c1-12(23-24(5,20)21)11-19-9-8-16-17(19)14-10-13(22-4)6-7-15(14)18(16,2)3/h6-10,12H,11H2,1-5H3/t12-/m0/s1. The van der Waals surface area contributed by atoms with Crippen molar-refractivity contribution in [1.82, 2.24) is 4.57 Å². The molecule has 1 aromatic heterocycles. The van der Waals surface area contributed by atoms with Crippen molar-refractivity contribution in [3.05, 3.63) is 41.6 Å². The number of fused-ring (bicyclic) bond motifs is 3. The minimum Gasteiger partial charge on any atom is -0.497 e. The molecule has 0 bridgehead atoms. The number of methoxy groups -OCH3 is 1. The zero-order valence-corrected chi connectivity index (χ0v) is 15.5. The van der Waals surface area contributed by atoms with Gasteiger partial charge >= 0.3 is 0 Å². The van der Waals surface area contributed by atoms with Gasteiger partial charge < -0.3 is 9.30 Å². The Morgan fingerprint density at radius 3 is 2.54 bits per heavy atom. The van der Waals surface area contributed by atoms with E-state index < -0.39 is 16.2 Å². The average molecular weight is 349 g/mol. The van der Waals surface area contributed by atoms with E-state index in [1.165, 1.54) is 11.1 Å². The molecule has 0 aliphatic heterocycles. The lowest BCUT2D eigenvalue weighted by Gasteiger charge is -2.20. The Labute approximate surface area is 143 Å². The van der Waals surface area contributed by atoms with Crippen molar-refractivity contribution < 1.29 is 17.3 Å². The lowest BCUT2D eigenvalue weighted by atomic mass is 9.83. The summed E-state index contributed by atoms with van der Waals surface area (Å²) in [7, 11) is -1.81. The first-order valence-corrected chi connectivity index (χ1v) is 9.72. The number of hydrogen-bond acceptors (Lipinski definition) is 4. The predicted molar refractivity (Wildman–Crippen MR) is 93.9 cm³/mol. The van der Waals surface area contributed by atoms with Crippen molar-refractivity contribution >= 4 is 10.1 Å². The molecule has 1 aliphatic carbocycles. The largest absolute Gasteiger partial charge is 0.497 e. The number of benzene rings is 1. The highest BCUT2D eigenvalue weighted by atomic mass is 32.2. The van der Waals surface area contributed by atoms with Crippen LogP contribution in [-0.2, 0) is 26.3 Å². The van der Waals surface area contributed by atoms with Gasteiger partial charge in [-0.3, -0.25) is 4.18 Å². The van der Waals surface area contributed by atoms with Crippen molar-refractivity contribution in [2.24, 2.45) is 0 Å². The molecule has 130 valence electrons. The Kier molecular flexibility index (Phi) is 4.00. The third kappa shape index (κ3) is 2.84. The molecule has 0 saturated carbocycles. The van der Waals surface area contributed by atoms with Crippen LogP contribution in [0.1, 0.15) is 31.9 Å². The van der Waals surface area contributed by atoms with Gasteiger partial charge in [-0.25, -0.2) is 0 Å². The summed E-state index contributed by atoms with van der Waals surface area (Å²) < 4.78 is 35.2. The Morgan fingerprint density at radius 2 is 1.92 bits per heavy atom. The number of ether oxygens (including phenoxy) is 1. The summed E-state index contributed by atoms with van der Waals surface area (Å²) >= 11 is 0. The van der Waals surface area contributed by atoms with Crippen LogP contribution in [0.25, 0.3) is 11.3 Å². The van der Waals surface area contributed by atoms with Crippen LogP contribution in [0.5, 0.6) is 5.75 Å². The van der Waals surface area contributed by atoms with Crippen LogP contribution in [0.2, 0.25) is 0 Å². The van der Waals surface area contributed by atoms with Crippen LogP contribution in [0, 0.1) is 0 Å². The number of hydrogen-bond donors (Lipinski definition) is 0. The lowest BCUT2D eigenvalue weighted by molar-refractivity contribution is 0.210. The lowest BCUT2D eigenvalue weighted by Crippen LogP contribution is -2.20. The predicted octanol–water partition coefficient (Wildman–Crippen LogP) is 3.17. The summed E-state index contributed by atoms with van der Waals surface area (Å²) in [4.78, 5) is 0. The van der Waals surface area contributed by atoms with Crippen LogP contribution in [0.3, 0.4) is 0 Å². The van der Waals surface area contributed by atoms with E-state index in [0.29, 0.717) is 6.54 Å². The topological polar surface area (TPSA) is 57.5 Å². The molecule has 2 aromatic rings.